The predicted octanol–water partition coefficient (Wildman–Crippen LogP) is 5.11. The van der Waals surface area contributed by atoms with Crippen LogP contribution in [0.2, 0.25) is 0 Å². The number of aromatic nitrogens is 1. The number of hydrogen-bond donors (Lipinski definition) is 5. The van der Waals surface area contributed by atoms with Gasteiger partial charge in [-0.3, -0.25) is 14.4 Å². The number of hydrogen-bond acceptors (Lipinski definition) is 6. The van der Waals surface area contributed by atoms with Crippen LogP contribution in [-0.2, 0) is 4.79 Å². The van der Waals surface area contributed by atoms with E-state index in [1.54, 1.807) is 60.7 Å². The number of Topliss-reactive ketones (excluding diaryl/α,β-unsaturated/α-hetero) is 1. The normalized spacial score (nSPS) is 13.4. The summed E-state index contributed by atoms with van der Waals surface area (Å²) >= 11 is 0. The molecule has 1 aromatic heterocycles. The van der Waals surface area contributed by atoms with Gasteiger partial charge in [0.15, 0.2) is 11.6 Å². The minimum Gasteiger partial charge on any atom is -0.494 e. The van der Waals surface area contributed by atoms with Gasteiger partial charge in [-0.1, -0.05) is 72.8 Å². The second-order valence-corrected chi connectivity index (χ2v) is 9.37. The summed E-state index contributed by atoms with van der Waals surface area (Å²) in [5.41, 5.74) is 2.51. The quantitative estimate of drug-likeness (QED) is 0.140. The molecule has 5 N–H and O–H groups in total. The fourth-order valence-corrected chi connectivity index (χ4v) is 4.70. The number of ketones is 2. The van der Waals surface area contributed by atoms with Crippen LogP contribution in [0.1, 0.15) is 58.5 Å². The third-order valence-corrected chi connectivity index (χ3v) is 6.74. The Morgan fingerprint density at radius 3 is 1.86 bits per heavy atom. The third kappa shape index (κ3) is 5.24. The molecular formula is C32H22N2O8. The molecule has 1 atom stereocenters. The van der Waals surface area contributed by atoms with Crippen molar-refractivity contribution in [2.24, 2.45) is 0 Å². The first-order valence-electron chi connectivity index (χ1n) is 12.6. The molecule has 1 unspecified atom stereocenters. The van der Waals surface area contributed by atoms with E-state index in [1.165, 1.54) is 36.4 Å². The number of nitrogens with one attached hydrogen (secondary N) is 2. The van der Waals surface area contributed by atoms with Crippen molar-refractivity contribution in [3.63, 3.8) is 0 Å². The molecule has 4 aromatic carbocycles. The summed E-state index contributed by atoms with van der Waals surface area (Å²) in [6.45, 7) is 0. The molecule has 0 saturated heterocycles. The van der Waals surface area contributed by atoms with E-state index in [9.17, 15) is 29.1 Å². The molecule has 2 heterocycles. The zero-order chi connectivity index (χ0) is 30.0. The van der Waals surface area contributed by atoms with Gasteiger partial charge in [0.2, 0.25) is 11.8 Å². The largest absolute Gasteiger partial charge is 0.494 e. The molecule has 1 amide bonds. The molecule has 6 rings (SSSR count). The number of carboxylic acid groups (broad SMARTS) is 2. The first-order valence-corrected chi connectivity index (χ1v) is 12.6. The van der Waals surface area contributed by atoms with Gasteiger partial charge in [-0.05, 0) is 29.8 Å². The van der Waals surface area contributed by atoms with Crippen LogP contribution >= 0.6 is 0 Å². The van der Waals surface area contributed by atoms with Gasteiger partial charge in [0, 0.05) is 27.7 Å². The van der Waals surface area contributed by atoms with Crippen LogP contribution in [0.4, 0.5) is 5.69 Å². The monoisotopic (exact) mass is 562 g/mol. The van der Waals surface area contributed by atoms with Gasteiger partial charge >= 0.3 is 11.9 Å². The Labute approximate surface area is 237 Å². The summed E-state index contributed by atoms with van der Waals surface area (Å²) in [5, 5.41) is 31.0. The van der Waals surface area contributed by atoms with E-state index in [4.69, 9.17) is 10.2 Å². The van der Waals surface area contributed by atoms with Crippen LogP contribution in [-0.4, -0.2) is 49.7 Å². The smallest absolute Gasteiger partial charge is 0.335 e. The van der Waals surface area contributed by atoms with E-state index in [2.05, 4.69) is 10.3 Å². The van der Waals surface area contributed by atoms with Gasteiger partial charge in [0.05, 0.1) is 16.7 Å². The first-order chi connectivity index (χ1) is 20.2. The van der Waals surface area contributed by atoms with Crippen LogP contribution in [0.25, 0.3) is 10.9 Å². The molecule has 0 saturated carbocycles. The van der Waals surface area contributed by atoms with Crippen molar-refractivity contribution < 1.29 is 39.3 Å². The molecular weight excluding hydrogens is 540 g/mol. The summed E-state index contributed by atoms with van der Waals surface area (Å²) in [6.07, 6.45) is 0. The second-order valence-electron chi connectivity index (χ2n) is 9.37. The SMILES string of the molecule is O=C(O)c1ccc2c(C(=O)c3ccccc3)c(O)[nH]c2c1.O=C(O)c1ccc2c(c1)NC(=O)C2C(=O)c1ccccc1. The van der Waals surface area contributed by atoms with Gasteiger partial charge in [-0.2, -0.15) is 0 Å². The topological polar surface area (TPSA) is 174 Å². The number of benzene rings is 4. The van der Waals surface area contributed by atoms with E-state index in [-0.39, 0.29) is 34.1 Å². The fourth-order valence-electron chi connectivity index (χ4n) is 4.70. The van der Waals surface area contributed by atoms with E-state index >= 15 is 0 Å². The molecule has 1 aliphatic heterocycles. The van der Waals surface area contributed by atoms with E-state index in [1.807, 2.05) is 0 Å². The summed E-state index contributed by atoms with van der Waals surface area (Å²) in [5.74, 6) is -4.38. The van der Waals surface area contributed by atoms with Crippen LogP contribution in [0.3, 0.4) is 0 Å². The minimum absolute atomic E-state index is 0.0712. The number of aromatic hydroxyl groups is 1. The lowest BCUT2D eigenvalue weighted by Crippen LogP contribution is -2.20. The summed E-state index contributed by atoms with van der Waals surface area (Å²) in [7, 11) is 0. The predicted molar refractivity (Wildman–Crippen MR) is 152 cm³/mol. The Bertz CT molecular complexity index is 1880. The number of H-pyrrole nitrogens is 1. The highest BCUT2D eigenvalue weighted by molar-refractivity contribution is 6.22. The summed E-state index contributed by atoms with van der Waals surface area (Å²) in [4.78, 5) is 61.5. The highest BCUT2D eigenvalue weighted by Crippen LogP contribution is 2.35. The van der Waals surface area contributed by atoms with E-state index in [0.29, 0.717) is 33.3 Å². The molecule has 208 valence electrons. The van der Waals surface area contributed by atoms with Crippen molar-refractivity contribution >= 4 is 46.0 Å². The number of fused-ring (bicyclic) bond motifs is 2. The van der Waals surface area contributed by atoms with Crippen LogP contribution < -0.4 is 5.32 Å². The Morgan fingerprint density at radius 2 is 1.24 bits per heavy atom. The summed E-state index contributed by atoms with van der Waals surface area (Å²) in [6, 6.07) is 25.7. The van der Waals surface area contributed by atoms with Crippen molar-refractivity contribution in [2.45, 2.75) is 5.92 Å². The highest BCUT2D eigenvalue weighted by Gasteiger charge is 2.37. The van der Waals surface area contributed by atoms with Crippen LogP contribution in [0.5, 0.6) is 5.88 Å². The summed E-state index contributed by atoms with van der Waals surface area (Å²) < 4.78 is 0. The lowest BCUT2D eigenvalue weighted by atomic mass is 9.91. The fraction of sp³-hybridized carbons (Fsp3) is 0.0312. The molecule has 10 nitrogen and oxygen atoms in total. The molecule has 0 aliphatic carbocycles. The van der Waals surface area contributed by atoms with Crippen molar-refractivity contribution in [1.29, 1.82) is 0 Å². The van der Waals surface area contributed by atoms with Gasteiger partial charge in [0.25, 0.3) is 0 Å². The number of carbonyl (C=O) groups is 5. The molecule has 10 heteroatoms. The highest BCUT2D eigenvalue weighted by atomic mass is 16.4. The van der Waals surface area contributed by atoms with Crippen molar-refractivity contribution in [1.82, 2.24) is 4.98 Å². The minimum atomic E-state index is -1.08. The Hall–Kier alpha value is -6.03. The lowest BCUT2D eigenvalue weighted by molar-refractivity contribution is -0.116. The van der Waals surface area contributed by atoms with Crippen LogP contribution in [0, 0.1) is 0 Å². The Kier molecular flexibility index (Phi) is 7.36. The zero-order valence-corrected chi connectivity index (χ0v) is 21.7. The molecule has 0 spiro atoms. The zero-order valence-electron chi connectivity index (χ0n) is 21.7. The van der Waals surface area contributed by atoms with Crippen LogP contribution in [0.15, 0.2) is 97.1 Å². The molecule has 1 aliphatic rings. The van der Waals surface area contributed by atoms with Gasteiger partial charge in [-0.15, -0.1) is 0 Å². The number of aromatic amines is 1. The average molecular weight is 563 g/mol. The maximum atomic E-state index is 12.5. The number of carbonyl (C=O) groups excluding carboxylic acids is 3. The average Bonchev–Trinajstić information content (AvgIpc) is 3.51. The van der Waals surface area contributed by atoms with E-state index in [0.717, 1.165) is 0 Å². The maximum absolute atomic E-state index is 12.5. The standard InChI is InChI=1S/2C16H11NO4/c2*18-14(9-4-2-1-3-5-9)13-11-7-6-10(16(20)21)8-12(11)17-15(13)19/h1-8,17,19H,(H,20,21);1-8,13H,(H,17,19)(H,20,21). The van der Waals surface area contributed by atoms with E-state index < -0.39 is 23.8 Å². The number of amides is 1. The molecule has 42 heavy (non-hydrogen) atoms. The molecule has 5 aromatic rings. The number of aromatic carboxylic acids is 2. The van der Waals surface area contributed by atoms with Crippen molar-refractivity contribution in [3.8, 4) is 5.88 Å². The second kappa shape index (κ2) is 11.2. The molecule has 0 bridgehead atoms. The van der Waals surface area contributed by atoms with Gasteiger partial charge in [0.1, 0.15) is 5.92 Å². The van der Waals surface area contributed by atoms with Crippen molar-refractivity contribution in [3.05, 3.63) is 130 Å². The number of anilines is 1. The number of rotatable bonds is 6. The molecule has 0 fully saturated rings. The Balaban J connectivity index is 0.000000168. The Morgan fingerprint density at radius 1 is 0.667 bits per heavy atom. The number of carboxylic acids is 2. The third-order valence-electron chi connectivity index (χ3n) is 6.74. The van der Waals surface area contributed by atoms with Gasteiger partial charge < -0.3 is 25.6 Å². The van der Waals surface area contributed by atoms with Crippen molar-refractivity contribution in [2.75, 3.05) is 5.32 Å². The maximum Gasteiger partial charge on any atom is 0.335 e. The van der Waals surface area contributed by atoms with Gasteiger partial charge in [-0.25, -0.2) is 9.59 Å². The first kappa shape index (κ1) is 27.5. The molecule has 0 radical (unpaired) electrons. The lowest BCUT2D eigenvalue weighted by Gasteiger charge is -2.08.